The van der Waals surface area contributed by atoms with Gasteiger partial charge in [-0.25, -0.2) is 4.79 Å². The molecule has 0 radical (unpaired) electrons. The van der Waals surface area contributed by atoms with Gasteiger partial charge in [0.15, 0.2) is 5.60 Å². The molecule has 1 N–H and O–H groups in total. The predicted molar refractivity (Wildman–Crippen MR) is 106 cm³/mol. The highest BCUT2D eigenvalue weighted by atomic mass is 35.5. The van der Waals surface area contributed by atoms with Gasteiger partial charge in [0.1, 0.15) is 5.69 Å². The van der Waals surface area contributed by atoms with Gasteiger partial charge in [-0.1, -0.05) is 72.3 Å². The Balaban J connectivity index is 1.79. The van der Waals surface area contributed by atoms with Crippen LogP contribution in [-0.2, 0) is 16.8 Å². The number of aromatic amines is 1. The summed E-state index contributed by atoms with van der Waals surface area (Å²) in [6.45, 7) is 0. The number of hydrogen-bond acceptors (Lipinski definition) is 2. The van der Waals surface area contributed by atoms with Gasteiger partial charge in [0.25, 0.3) is 0 Å². The molecule has 3 aromatic carbocycles. The highest BCUT2D eigenvalue weighted by molar-refractivity contribution is 6.31. The first kappa shape index (κ1) is 16.2. The van der Waals surface area contributed by atoms with Crippen LogP contribution in [0.5, 0.6) is 0 Å². The van der Waals surface area contributed by atoms with E-state index < -0.39 is 5.60 Å². The van der Waals surface area contributed by atoms with Crippen molar-refractivity contribution in [1.82, 2.24) is 4.98 Å². The molecule has 0 unspecified atom stereocenters. The number of benzene rings is 3. The second kappa shape index (κ2) is 6.00. The van der Waals surface area contributed by atoms with Crippen LogP contribution in [-0.4, -0.2) is 11.0 Å². The van der Waals surface area contributed by atoms with Crippen LogP contribution in [0.1, 0.15) is 27.2 Å². The molecule has 0 saturated carbocycles. The molecule has 4 heteroatoms. The fraction of sp³-hybridized carbons (Fsp3) is 0.0870. The predicted octanol–water partition coefficient (Wildman–Crippen LogP) is 5.48. The maximum atomic E-state index is 13.0. The molecule has 3 nitrogen and oxygen atoms in total. The Morgan fingerprint density at radius 1 is 0.889 bits per heavy atom. The molecule has 4 aromatic rings. The van der Waals surface area contributed by atoms with E-state index >= 15 is 0 Å². The lowest BCUT2D eigenvalue weighted by atomic mass is 9.79. The normalized spacial score (nSPS) is 15.4. The number of carbonyl (C=O) groups excluding carboxylic acids is 1. The van der Waals surface area contributed by atoms with Crippen LogP contribution in [0.25, 0.3) is 10.9 Å². The number of nitrogens with one attached hydrogen (secondary N) is 1. The topological polar surface area (TPSA) is 42.1 Å². The standard InChI is InChI=1S/C23H16ClNO2/c24-17-11-12-20-18(13-17)19-14-23(15-7-3-1-4-8-15,16-9-5-2-6-10-16)27-22(26)21(19)25-20/h1-13,25H,14H2. The summed E-state index contributed by atoms with van der Waals surface area (Å²) in [4.78, 5) is 16.2. The van der Waals surface area contributed by atoms with E-state index in [1.807, 2.05) is 78.9 Å². The zero-order chi connectivity index (χ0) is 18.4. The summed E-state index contributed by atoms with van der Waals surface area (Å²) < 4.78 is 6.13. The molecule has 0 bridgehead atoms. The number of H-pyrrole nitrogens is 1. The molecule has 132 valence electrons. The molecule has 1 aliphatic rings. The first-order chi connectivity index (χ1) is 13.2. The van der Waals surface area contributed by atoms with Gasteiger partial charge in [-0.2, -0.15) is 0 Å². The third kappa shape index (κ3) is 2.47. The fourth-order valence-electron chi connectivity index (χ4n) is 3.98. The molecule has 1 aliphatic heterocycles. The number of rotatable bonds is 2. The Morgan fingerprint density at radius 3 is 2.15 bits per heavy atom. The Morgan fingerprint density at radius 2 is 1.52 bits per heavy atom. The van der Waals surface area contributed by atoms with Crippen molar-refractivity contribution < 1.29 is 9.53 Å². The van der Waals surface area contributed by atoms with Gasteiger partial charge in [0.05, 0.1) is 0 Å². The van der Waals surface area contributed by atoms with Crippen LogP contribution >= 0.6 is 11.6 Å². The molecule has 2 heterocycles. The Labute approximate surface area is 161 Å². The minimum absolute atomic E-state index is 0.351. The number of ether oxygens (including phenoxy) is 1. The lowest BCUT2D eigenvalue weighted by molar-refractivity contribution is -0.00791. The van der Waals surface area contributed by atoms with E-state index in [0.717, 1.165) is 27.6 Å². The first-order valence-electron chi connectivity index (χ1n) is 8.82. The van der Waals surface area contributed by atoms with Crippen molar-refractivity contribution in [3.8, 4) is 0 Å². The molecule has 0 amide bonds. The molecule has 0 fully saturated rings. The van der Waals surface area contributed by atoms with Crippen LogP contribution in [0.15, 0.2) is 78.9 Å². The number of aromatic nitrogens is 1. The van der Waals surface area contributed by atoms with E-state index in [2.05, 4.69) is 4.98 Å². The van der Waals surface area contributed by atoms with E-state index in [1.165, 1.54) is 0 Å². The molecular formula is C23H16ClNO2. The molecule has 0 saturated heterocycles. The maximum Gasteiger partial charge on any atom is 0.356 e. The van der Waals surface area contributed by atoms with Crippen molar-refractivity contribution in [3.63, 3.8) is 0 Å². The highest BCUT2D eigenvalue weighted by Gasteiger charge is 2.44. The second-order valence-electron chi connectivity index (χ2n) is 6.79. The number of hydrogen-bond donors (Lipinski definition) is 1. The Bertz CT molecular complexity index is 1110. The molecule has 27 heavy (non-hydrogen) atoms. The minimum Gasteiger partial charge on any atom is -0.444 e. The zero-order valence-corrected chi connectivity index (χ0v) is 15.2. The number of halogens is 1. The molecule has 1 aromatic heterocycles. The number of carbonyl (C=O) groups is 1. The average Bonchev–Trinajstić information content (AvgIpc) is 3.07. The van der Waals surface area contributed by atoms with Gasteiger partial charge in [-0.3, -0.25) is 0 Å². The van der Waals surface area contributed by atoms with Gasteiger partial charge in [-0.05, 0) is 23.8 Å². The van der Waals surface area contributed by atoms with Crippen LogP contribution in [0.3, 0.4) is 0 Å². The van der Waals surface area contributed by atoms with Crippen molar-refractivity contribution in [3.05, 3.63) is 106 Å². The van der Waals surface area contributed by atoms with Gasteiger partial charge in [-0.15, -0.1) is 0 Å². The number of esters is 1. The molecule has 5 rings (SSSR count). The maximum absolute atomic E-state index is 13.0. The first-order valence-corrected chi connectivity index (χ1v) is 9.20. The SMILES string of the molecule is O=C1OC(c2ccccc2)(c2ccccc2)Cc2c1[nH]c1ccc(Cl)cc21. The molecular weight excluding hydrogens is 358 g/mol. The van der Waals surface area contributed by atoms with Crippen LogP contribution < -0.4 is 0 Å². The van der Waals surface area contributed by atoms with Crippen LogP contribution in [0.4, 0.5) is 0 Å². The third-order valence-electron chi connectivity index (χ3n) is 5.25. The van der Waals surface area contributed by atoms with Gasteiger partial charge in [0, 0.05) is 33.5 Å². The lowest BCUT2D eigenvalue weighted by Crippen LogP contribution is -2.40. The summed E-state index contributed by atoms with van der Waals surface area (Å²) in [6.07, 6.45) is 0.544. The second-order valence-corrected chi connectivity index (χ2v) is 7.23. The Kier molecular flexibility index (Phi) is 3.59. The number of fused-ring (bicyclic) bond motifs is 3. The van der Waals surface area contributed by atoms with Crippen molar-refractivity contribution in [2.75, 3.05) is 0 Å². The summed E-state index contributed by atoms with van der Waals surface area (Å²) in [7, 11) is 0. The van der Waals surface area contributed by atoms with Gasteiger partial charge >= 0.3 is 5.97 Å². The summed E-state index contributed by atoms with van der Waals surface area (Å²) in [5.41, 5.74) is 3.37. The summed E-state index contributed by atoms with van der Waals surface area (Å²) >= 11 is 6.23. The summed E-state index contributed by atoms with van der Waals surface area (Å²) in [5, 5.41) is 1.61. The van der Waals surface area contributed by atoms with E-state index in [0.29, 0.717) is 17.1 Å². The van der Waals surface area contributed by atoms with E-state index in [9.17, 15) is 4.79 Å². The largest absolute Gasteiger partial charge is 0.444 e. The zero-order valence-electron chi connectivity index (χ0n) is 14.4. The molecule has 0 atom stereocenters. The van der Waals surface area contributed by atoms with Crippen LogP contribution in [0.2, 0.25) is 5.02 Å². The van der Waals surface area contributed by atoms with E-state index in [-0.39, 0.29) is 5.97 Å². The molecule has 0 aliphatic carbocycles. The quantitative estimate of drug-likeness (QED) is 0.473. The van der Waals surface area contributed by atoms with Crippen LogP contribution in [0, 0.1) is 0 Å². The Hall–Kier alpha value is -3.04. The average molecular weight is 374 g/mol. The van der Waals surface area contributed by atoms with Gasteiger partial charge in [0.2, 0.25) is 0 Å². The third-order valence-corrected chi connectivity index (χ3v) is 5.48. The smallest absolute Gasteiger partial charge is 0.356 e. The van der Waals surface area contributed by atoms with Crippen molar-refractivity contribution in [2.24, 2.45) is 0 Å². The van der Waals surface area contributed by atoms with Gasteiger partial charge < -0.3 is 9.72 Å². The summed E-state index contributed by atoms with van der Waals surface area (Å²) in [6, 6.07) is 25.4. The summed E-state index contributed by atoms with van der Waals surface area (Å²) in [5.74, 6) is -0.351. The van der Waals surface area contributed by atoms with Crippen molar-refractivity contribution in [1.29, 1.82) is 0 Å². The monoisotopic (exact) mass is 373 g/mol. The van der Waals surface area contributed by atoms with Crippen molar-refractivity contribution in [2.45, 2.75) is 12.0 Å². The number of cyclic esters (lactones) is 1. The fourth-order valence-corrected chi connectivity index (χ4v) is 4.15. The minimum atomic E-state index is -0.871. The van der Waals surface area contributed by atoms with E-state index in [4.69, 9.17) is 16.3 Å². The van der Waals surface area contributed by atoms with E-state index in [1.54, 1.807) is 0 Å². The molecule has 0 spiro atoms. The highest BCUT2D eigenvalue weighted by Crippen LogP contribution is 2.44. The van der Waals surface area contributed by atoms with Crippen molar-refractivity contribution >= 4 is 28.5 Å². The lowest BCUT2D eigenvalue weighted by Gasteiger charge is -2.37.